The van der Waals surface area contributed by atoms with E-state index in [1.165, 1.54) is 0 Å². The zero-order valence-electron chi connectivity index (χ0n) is 7.78. The summed E-state index contributed by atoms with van der Waals surface area (Å²) in [6, 6.07) is 0. The van der Waals surface area contributed by atoms with E-state index < -0.39 is 46.3 Å². The van der Waals surface area contributed by atoms with Gasteiger partial charge in [0, 0.05) is 0 Å². The normalized spacial score (nSPS) is 43.0. The summed E-state index contributed by atoms with van der Waals surface area (Å²) in [6.07, 6.45) is -9.69. The standard InChI is InChI=1S/C6H12O9S/c7-1-2(8)4(6(11)16(12,13)14)15-5(10)3(1)9/h1-11H,(H,12,13,14)/t1-,2-,3+,4-,5+,6?/m0/s1. The van der Waals surface area contributed by atoms with Crippen LogP contribution in [0.3, 0.4) is 0 Å². The van der Waals surface area contributed by atoms with Gasteiger partial charge in [0.1, 0.15) is 24.4 Å². The molecule has 0 aromatic carbocycles. The van der Waals surface area contributed by atoms with Gasteiger partial charge in [-0.3, -0.25) is 4.55 Å². The number of rotatable bonds is 2. The van der Waals surface area contributed by atoms with Gasteiger partial charge < -0.3 is 30.3 Å². The van der Waals surface area contributed by atoms with Crippen molar-refractivity contribution in [3.05, 3.63) is 0 Å². The first-order chi connectivity index (χ1) is 7.16. The van der Waals surface area contributed by atoms with E-state index in [-0.39, 0.29) is 0 Å². The van der Waals surface area contributed by atoms with Crippen molar-refractivity contribution >= 4 is 10.1 Å². The highest BCUT2D eigenvalue weighted by Gasteiger charge is 2.48. The van der Waals surface area contributed by atoms with Gasteiger partial charge in [0.2, 0.25) is 5.44 Å². The van der Waals surface area contributed by atoms with Gasteiger partial charge in [-0.05, 0) is 0 Å². The van der Waals surface area contributed by atoms with E-state index >= 15 is 0 Å². The van der Waals surface area contributed by atoms with Gasteiger partial charge in [-0.2, -0.15) is 8.42 Å². The zero-order chi connectivity index (χ0) is 12.7. The fraction of sp³-hybridized carbons (Fsp3) is 1.00. The van der Waals surface area contributed by atoms with Crippen molar-refractivity contribution < 1.29 is 43.2 Å². The third-order valence-electron chi connectivity index (χ3n) is 2.21. The molecule has 6 atom stereocenters. The van der Waals surface area contributed by atoms with Gasteiger partial charge in [0.05, 0.1) is 0 Å². The van der Waals surface area contributed by atoms with Crippen molar-refractivity contribution in [2.45, 2.75) is 36.1 Å². The summed E-state index contributed by atoms with van der Waals surface area (Å²) < 4.78 is 34.0. The Morgan fingerprint density at radius 1 is 1.00 bits per heavy atom. The van der Waals surface area contributed by atoms with E-state index in [0.29, 0.717) is 0 Å². The summed E-state index contributed by atoms with van der Waals surface area (Å²) in [6.45, 7) is 0. The van der Waals surface area contributed by atoms with Gasteiger partial charge in [-0.1, -0.05) is 0 Å². The molecule has 1 rings (SSSR count). The summed E-state index contributed by atoms with van der Waals surface area (Å²) in [5.41, 5.74) is -2.54. The van der Waals surface area contributed by atoms with Crippen molar-refractivity contribution in [2.75, 3.05) is 0 Å². The van der Waals surface area contributed by atoms with Crippen molar-refractivity contribution in [1.82, 2.24) is 0 Å². The SMILES string of the molecule is O=S(=O)(O)C(O)[C@H]1O[C@@H](O)[C@H](O)[C@@H](O)[C@@H]1O. The Labute approximate surface area is 90.3 Å². The predicted octanol–water partition coefficient (Wildman–Crippen LogP) is -4.01. The lowest BCUT2D eigenvalue weighted by Crippen LogP contribution is -2.61. The molecule has 10 heteroatoms. The highest BCUT2D eigenvalue weighted by molar-refractivity contribution is 7.86. The second-order valence-electron chi connectivity index (χ2n) is 3.37. The number of hydrogen-bond acceptors (Lipinski definition) is 8. The molecule has 0 aliphatic carbocycles. The Bertz CT molecular complexity index is 340. The van der Waals surface area contributed by atoms with Crippen LogP contribution in [-0.4, -0.2) is 74.6 Å². The van der Waals surface area contributed by atoms with Crippen LogP contribution in [0.1, 0.15) is 0 Å². The largest absolute Gasteiger partial charge is 0.387 e. The smallest absolute Gasteiger partial charge is 0.294 e. The fourth-order valence-corrected chi connectivity index (χ4v) is 1.86. The van der Waals surface area contributed by atoms with E-state index in [1.54, 1.807) is 0 Å². The number of aliphatic hydroxyl groups excluding tert-OH is 5. The first-order valence-electron chi connectivity index (χ1n) is 4.18. The molecule has 1 aliphatic rings. The highest BCUT2D eigenvalue weighted by atomic mass is 32.2. The summed E-state index contributed by atoms with van der Waals surface area (Å²) in [5.74, 6) is 0. The van der Waals surface area contributed by atoms with Crippen molar-refractivity contribution in [1.29, 1.82) is 0 Å². The minimum absolute atomic E-state index is 1.85. The molecule has 0 aromatic rings. The van der Waals surface area contributed by atoms with Gasteiger partial charge >= 0.3 is 0 Å². The zero-order valence-corrected chi connectivity index (χ0v) is 8.60. The molecule has 16 heavy (non-hydrogen) atoms. The molecule has 1 aliphatic heterocycles. The second-order valence-corrected chi connectivity index (χ2v) is 4.88. The lowest BCUT2D eigenvalue weighted by molar-refractivity contribution is -0.290. The minimum Gasteiger partial charge on any atom is -0.387 e. The number of hydrogen-bond donors (Lipinski definition) is 6. The number of ether oxygens (including phenoxy) is 1. The van der Waals surface area contributed by atoms with Crippen molar-refractivity contribution in [3.63, 3.8) is 0 Å². The maximum atomic E-state index is 10.6. The van der Waals surface area contributed by atoms with Gasteiger partial charge in [0.25, 0.3) is 10.1 Å². The lowest BCUT2D eigenvalue weighted by atomic mass is 9.99. The summed E-state index contributed by atoms with van der Waals surface area (Å²) in [4.78, 5) is 0. The molecule has 0 aromatic heterocycles. The third-order valence-corrected chi connectivity index (χ3v) is 3.09. The first-order valence-corrected chi connectivity index (χ1v) is 5.68. The minimum atomic E-state index is -4.93. The summed E-state index contributed by atoms with van der Waals surface area (Å²) in [5, 5.41) is 45.6. The molecule has 1 saturated heterocycles. The average molecular weight is 260 g/mol. The molecule has 1 fully saturated rings. The topological polar surface area (TPSA) is 165 Å². The lowest BCUT2D eigenvalue weighted by Gasteiger charge is -2.39. The molecule has 0 amide bonds. The summed E-state index contributed by atoms with van der Waals surface area (Å²) in [7, 11) is -4.93. The van der Waals surface area contributed by atoms with Crippen LogP contribution in [0.25, 0.3) is 0 Å². The monoisotopic (exact) mass is 260 g/mol. The van der Waals surface area contributed by atoms with Crippen LogP contribution in [0, 0.1) is 0 Å². The van der Waals surface area contributed by atoms with Crippen LogP contribution in [-0.2, 0) is 14.9 Å². The Balaban J connectivity index is 2.90. The van der Waals surface area contributed by atoms with Crippen LogP contribution in [0.2, 0.25) is 0 Å². The molecule has 9 nitrogen and oxygen atoms in total. The fourth-order valence-electron chi connectivity index (χ4n) is 1.29. The first kappa shape index (κ1) is 13.7. The molecule has 0 saturated carbocycles. The molecule has 96 valence electrons. The molecule has 0 bridgehead atoms. The Hall–Kier alpha value is -0.330. The number of aliphatic hydroxyl groups is 5. The van der Waals surface area contributed by atoms with Gasteiger partial charge in [0.15, 0.2) is 6.29 Å². The van der Waals surface area contributed by atoms with Crippen LogP contribution < -0.4 is 0 Å². The van der Waals surface area contributed by atoms with Crippen molar-refractivity contribution in [2.24, 2.45) is 0 Å². The van der Waals surface area contributed by atoms with Gasteiger partial charge in [-0.25, -0.2) is 0 Å². The van der Waals surface area contributed by atoms with Crippen LogP contribution in [0.15, 0.2) is 0 Å². The van der Waals surface area contributed by atoms with Crippen LogP contribution in [0.4, 0.5) is 0 Å². The molecular formula is C6H12O9S. The van der Waals surface area contributed by atoms with E-state index in [1.807, 2.05) is 0 Å². The van der Waals surface area contributed by atoms with Crippen LogP contribution in [0.5, 0.6) is 0 Å². The Morgan fingerprint density at radius 3 is 1.94 bits per heavy atom. The maximum Gasteiger partial charge on any atom is 0.294 e. The quantitative estimate of drug-likeness (QED) is 0.271. The summed E-state index contributed by atoms with van der Waals surface area (Å²) >= 11 is 0. The van der Waals surface area contributed by atoms with E-state index in [9.17, 15) is 18.6 Å². The third kappa shape index (κ3) is 2.49. The average Bonchev–Trinajstić information content (AvgIpc) is 2.18. The molecule has 1 heterocycles. The van der Waals surface area contributed by atoms with Gasteiger partial charge in [-0.15, -0.1) is 0 Å². The Kier molecular flexibility index (Phi) is 3.87. The molecule has 6 N–H and O–H groups in total. The highest BCUT2D eigenvalue weighted by Crippen LogP contribution is 2.23. The van der Waals surface area contributed by atoms with Crippen LogP contribution >= 0.6 is 0 Å². The van der Waals surface area contributed by atoms with E-state index in [2.05, 4.69) is 4.74 Å². The Morgan fingerprint density at radius 2 is 1.50 bits per heavy atom. The maximum absolute atomic E-state index is 10.6. The molecule has 1 unspecified atom stereocenters. The molecule has 0 radical (unpaired) electrons. The second kappa shape index (κ2) is 4.50. The molecular weight excluding hydrogens is 248 g/mol. The van der Waals surface area contributed by atoms with E-state index in [4.69, 9.17) is 19.9 Å². The van der Waals surface area contributed by atoms with Crippen molar-refractivity contribution in [3.8, 4) is 0 Å². The predicted molar refractivity (Wildman–Crippen MR) is 46.5 cm³/mol. The van der Waals surface area contributed by atoms with E-state index in [0.717, 1.165) is 0 Å². The molecule has 0 spiro atoms.